The quantitative estimate of drug-likeness (QED) is 0.374. The molecule has 0 radical (unpaired) electrons. The molecule has 1 heterocycles. The van der Waals surface area contributed by atoms with Gasteiger partial charge < -0.3 is 9.47 Å². The van der Waals surface area contributed by atoms with Crippen molar-refractivity contribution in [2.24, 2.45) is 5.41 Å². The van der Waals surface area contributed by atoms with Gasteiger partial charge in [0.2, 0.25) is 0 Å². The number of halogens is 1. The molecule has 0 aromatic rings. The molecule has 0 saturated carbocycles. The fourth-order valence-electron chi connectivity index (χ4n) is 1.27. The zero-order valence-corrected chi connectivity index (χ0v) is 7.98. The number of alkyl halides is 1. The van der Waals surface area contributed by atoms with E-state index < -0.39 is 0 Å². The van der Waals surface area contributed by atoms with Gasteiger partial charge >= 0.3 is 0 Å². The van der Waals surface area contributed by atoms with Crippen LogP contribution in [0.3, 0.4) is 0 Å². The van der Waals surface area contributed by atoms with Crippen LogP contribution in [0.15, 0.2) is 12.7 Å². The highest BCUT2D eigenvalue weighted by atomic mass is 35.5. The van der Waals surface area contributed by atoms with E-state index in [4.69, 9.17) is 21.1 Å². The molecule has 0 aliphatic carbocycles. The molecule has 0 spiro atoms. The van der Waals surface area contributed by atoms with E-state index in [9.17, 15) is 0 Å². The SMILES string of the molecule is C=CCOCC1(CCl)CCOC1. The summed E-state index contributed by atoms with van der Waals surface area (Å²) in [6.07, 6.45) is 2.76. The predicted octanol–water partition coefficient (Wildman–Crippen LogP) is 1.83. The molecule has 0 bridgehead atoms. The molecule has 1 fully saturated rings. The summed E-state index contributed by atoms with van der Waals surface area (Å²) in [5.41, 5.74) is 0.0601. The van der Waals surface area contributed by atoms with Gasteiger partial charge in [0.1, 0.15) is 0 Å². The highest BCUT2D eigenvalue weighted by molar-refractivity contribution is 6.18. The van der Waals surface area contributed by atoms with Crippen LogP contribution in [0.5, 0.6) is 0 Å². The molecule has 1 atom stereocenters. The second-order valence-electron chi connectivity index (χ2n) is 3.24. The fraction of sp³-hybridized carbons (Fsp3) is 0.778. The zero-order chi connectivity index (χ0) is 8.86. The van der Waals surface area contributed by atoms with Crippen LogP contribution in [-0.4, -0.2) is 32.3 Å². The van der Waals surface area contributed by atoms with Crippen molar-refractivity contribution < 1.29 is 9.47 Å². The molecule has 2 nitrogen and oxygen atoms in total. The molecule has 1 saturated heterocycles. The average molecular weight is 191 g/mol. The third-order valence-corrected chi connectivity index (χ3v) is 2.68. The molecular formula is C9H15ClO2. The van der Waals surface area contributed by atoms with Crippen molar-refractivity contribution in [3.63, 3.8) is 0 Å². The lowest BCUT2D eigenvalue weighted by atomic mass is 9.91. The Bertz CT molecular complexity index is 141. The van der Waals surface area contributed by atoms with Crippen molar-refractivity contribution in [2.75, 3.05) is 32.3 Å². The second-order valence-corrected chi connectivity index (χ2v) is 3.51. The lowest BCUT2D eigenvalue weighted by Gasteiger charge is -2.23. The van der Waals surface area contributed by atoms with Gasteiger partial charge in [-0.05, 0) is 6.42 Å². The molecule has 0 N–H and O–H groups in total. The maximum atomic E-state index is 5.86. The molecule has 1 unspecified atom stereocenters. The van der Waals surface area contributed by atoms with E-state index in [2.05, 4.69) is 6.58 Å². The first kappa shape index (κ1) is 10.0. The molecule has 12 heavy (non-hydrogen) atoms. The molecule has 0 amide bonds. The maximum Gasteiger partial charge on any atom is 0.0645 e. The summed E-state index contributed by atoms with van der Waals surface area (Å²) in [6, 6.07) is 0. The fourth-order valence-corrected chi connectivity index (χ4v) is 1.55. The average Bonchev–Trinajstić information content (AvgIpc) is 2.55. The van der Waals surface area contributed by atoms with Crippen LogP contribution in [-0.2, 0) is 9.47 Å². The summed E-state index contributed by atoms with van der Waals surface area (Å²) in [5.74, 6) is 0.615. The summed E-state index contributed by atoms with van der Waals surface area (Å²) >= 11 is 5.86. The normalized spacial score (nSPS) is 29.1. The lowest BCUT2D eigenvalue weighted by molar-refractivity contribution is 0.0599. The molecule has 1 aliphatic rings. The standard InChI is InChI=1S/C9H15ClO2/c1-2-4-11-7-9(6-10)3-5-12-8-9/h2H,1,3-8H2. The van der Waals surface area contributed by atoms with Crippen LogP contribution < -0.4 is 0 Å². The van der Waals surface area contributed by atoms with Gasteiger partial charge in [-0.3, -0.25) is 0 Å². The van der Waals surface area contributed by atoms with Crippen LogP contribution in [0.2, 0.25) is 0 Å². The van der Waals surface area contributed by atoms with Gasteiger partial charge in [-0.2, -0.15) is 0 Å². The van der Waals surface area contributed by atoms with Crippen LogP contribution >= 0.6 is 11.6 Å². The third kappa shape index (κ3) is 2.47. The smallest absolute Gasteiger partial charge is 0.0645 e. The van der Waals surface area contributed by atoms with Gasteiger partial charge in [0, 0.05) is 17.9 Å². The monoisotopic (exact) mass is 190 g/mol. The van der Waals surface area contributed by atoms with Crippen molar-refractivity contribution >= 4 is 11.6 Å². The Morgan fingerprint density at radius 2 is 2.50 bits per heavy atom. The summed E-state index contributed by atoms with van der Waals surface area (Å²) in [4.78, 5) is 0. The largest absolute Gasteiger partial charge is 0.381 e. The van der Waals surface area contributed by atoms with Crippen LogP contribution in [0, 0.1) is 5.41 Å². The Labute approximate surface area is 78.5 Å². The van der Waals surface area contributed by atoms with Crippen molar-refractivity contribution in [2.45, 2.75) is 6.42 Å². The van der Waals surface area contributed by atoms with Gasteiger partial charge in [0.05, 0.1) is 19.8 Å². The summed E-state index contributed by atoms with van der Waals surface area (Å²) < 4.78 is 10.7. The topological polar surface area (TPSA) is 18.5 Å². The minimum atomic E-state index is 0.0601. The molecular weight excluding hydrogens is 176 g/mol. The van der Waals surface area contributed by atoms with Gasteiger partial charge in [0.15, 0.2) is 0 Å². The third-order valence-electron chi connectivity index (χ3n) is 2.11. The number of ether oxygens (including phenoxy) is 2. The van der Waals surface area contributed by atoms with Gasteiger partial charge in [0.25, 0.3) is 0 Å². The minimum absolute atomic E-state index is 0.0601. The van der Waals surface area contributed by atoms with Crippen molar-refractivity contribution in [1.29, 1.82) is 0 Å². The second kappa shape index (κ2) is 4.85. The molecule has 1 aliphatic heterocycles. The summed E-state index contributed by atoms with van der Waals surface area (Å²) in [7, 11) is 0. The van der Waals surface area contributed by atoms with E-state index in [1.807, 2.05) is 0 Å². The molecule has 3 heteroatoms. The van der Waals surface area contributed by atoms with Crippen molar-refractivity contribution in [3.05, 3.63) is 12.7 Å². The summed E-state index contributed by atoms with van der Waals surface area (Å²) in [5, 5.41) is 0. The zero-order valence-electron chi connectivity index (χ0n) is 7.22. The number of rotatable bonds is 5. The Balaban J connectivity index is 2.28. The molecule has 70 valence electrons. The first-order valence-electron chi connectivity index (χ1n) is 4.15. The van der Waals surface area contributed by atoms with Gasteiger partial charge in [-0.15, -0.1) is 18.2 Å². The lowest BCUT2D eigenvalue weighted by Crippen LogP contribution is -2.29. The first-order valence-corrected chi connectivity index (χ1v) is 4.69. The summed E-state index contributed by atoms with van der Waals surface area (Å²) in [6.45, 7) is 6.40. The van der Waals surface area contributed by atoms with Crippen LogP contribution in [0.1, 0.15) is 6.42 Å². The van der Waals surface area contributed by atoms with Gasteiger partial charge in [-0.25, -0.2) is 0 Å². The van der Waals surface area contributed by atoms with Gasteiger partial charge in [-0.1, -0.05) is 6.08 Å². The Kier molecular flexibility index (Phi) is 4.06. The van der Waals surface area contributed by atoms with Crippen molar-refractivity contribution in [1.82, 2.24) is 0 Å². The Hall–Kier alpha value is -0.0500. The number of hydrogen-bond donors (Lipinski definition) is 0. The minimum Gasteiger partial charge on any atom is -0.381 e. The molecule has 1 rings (SSSR count). The van der Waals surface area contributed by atoms with Crippen LogP contribution in [0.4, 0.5) is 0 Å². The number of hydrogen-bond acceptors (Lipinski definition) is 2. The van der Waals surface area contributed by atoms with E-state index in [-0.39, 0.29) is 5.41 Å². The van der Waals surface area contributed by atoms with Crippen molar-refractivity contribution in [3.8, 4) is 0 Å². The molecule has 0 aromatic heterocycles. The highest BCUT2D eigenvalue weighted by Crippen LogP contribution is 2.30. The first-order chi connectivity index (χ1) is 5.83. The van der Waals surface area contributed by atoms with E-state index in [1.165, 1.54) is 0 Å². The van der Waals surface area contributed by atoms with E-state index in [1.54, 1.807) is 6.08 Å². The highest BCUT2D eigenvalue weighted by Gasteiger charge is 2.34. The maximum absolute atomic E-state index is 5.86. The Morgan fingerprint density at radius 3 is 3.00 bits per heavy atom. The van der Waals surface area contributed by atoms with E-state index in [0.717, 1.165) is 19.6 Å². The predicted molar refractivity (Wildman–Crippen MR) is 49.6 cm³/mol. The van der Waals surface area contributed by atoms with Crippen LogP contribution in [0.25, 0.3) is 0 Å². The van der Waals surface area contributed by atoms with E-state index in [0.29, 0.717) is 19.1 Å². The molecule has 0 aromatic carbocycles. The Morgan fingerprint density at radius 1 is 1.67 bits per heavy atom. The van der Waals surface area contributed by atoms with E-state index >= 15 is 0 Å².